The molecule has 5 rings (SSSR count). The molecule has 4 heterocycles. The summed E-state index contributed by atoms with van der Waals surface area (Å²) in [5.41, 5.74) is 3.69. The minimum Gasteiger partial charge on any atom is -0.335 e. The van der Waals surface area contributed by atoms with E-state index in [0.29, 0.717) is 29.6 Å². The second-order valence-electron chi connectivity index (χ2n) is 7.21. The lowest BCUT2D eigenvalue weighted by molar-refractivity contribution is 0.0732. The summed E-state index contributed by atoms with van der Waals surface area (Å²) in [6.45, 7) is 4.56. The first kappa shape index (κ1) is 17.6. The number of pyridine rings is 1. The molecular formula is C21H19N3O2S2. The molecule has 1 aliphatic rings. The van der Waals surface area contributed by atoms with Crippen molar-refractivity contribution < 1.29 is 9.32 Å². The van der Waals surface area contributed by atoms with Gasteiger partial charge in [0, 0.05) is 17.5 Å². The van der Waals surface area contributed by atoms with Gasteiger partial charge in [0.15, 0.2) is 0 Å². The Kier molecular flexibility index (Phi) is 4.29. The van der Waals surface area contributed by atoms with Crippen molar-refractivity contribution in [3.63, 3.8) is 0 Å². The number of hydrogen-bond acceptors (Lipinski definition) is 6. The van der Waals surface area contributed by atoms with Crippen molar-refractivity contribution in [1.82, 2.24) is 15.0 Å². The Morgan fingerprint density at radius 1 is 1.29 bits per heavy atom. The van der Waals surface area contributed by atoms with Gasteiger partial charge in [0.1, 0.15) is 0 Å². The van der Waals surface area contributed by atoms with Crippen molar-refractivity contribution in [3.8, 4) is 10.6 Å². The van der Waals surface area contributed by atoms with E-state index in [1.807, 2.05) is 24.0 Å². The van der Waals surface area contributed by atoms with Crippen molar-refractivity contribution >= 4 is 39.7 Å². The van der Waals surface area contributed by atoms with Gasteiger partial charge < -0.3 is 9.42 Å². The topological polar surface area (TPSA) is 59.2 Å². The van der Waals surface area contributed by atoms with Crippen LogP contribution in [-0.2, 0) is 6.54 Å². The minimum atomic E-state index is 0.0296. The van der Waals surface area contributed by atoms with Crippen molar-refractivity contribution in [2.75, 3.05) is 0 Å². The van der Waals surface area contributed by atoms with Crippen molar-refractivity contribution in [2.24, 2.45) is 0 Å². The maximum absolute atomic E-state index is 13.6. The first-order valence-electron chi connectivity index (χ1n) is 9.26. The van der Waals surface area contributed by atoms with Crippen LogP contribution in [-0.4, -0.2) is 27.0 Å². The zero-order valence-electron chi connectivity index (χ0n) is 15.6. The molecule has 4 aromatic rings. The Labute approximate surface area is 170 Å². The fraction of sp³-hybridized carbons (Fsp3) is 0.286. The fourth-order valence-electron chi connectivity index (χ4n) is 3.45. The summed E-state index contributed by atoms with van der Waals surface area (Å²) < 4.78 is 5.44. The third-order valence-electron chi connectivity index (χ3n) is 5.02. The Morgan fingerprint density at radius 2 is 2.14 bits per heavy atom. The maximum Gasteiger partial charge on any atom is 0.259 e. The normalized spacial score (nSPS) is 13.9. The predicted octanol–water partition coefficient (Wildman–Crippen LogP) is 5.43. The van der Waals surface area contributed by atoms with Crippen LogP contribution in [0.3, 0.4) is 0 Å². The number of aryl methyl sites for hydroxylation is 2. The average Bonchev–Trinajstić information content (AvgIpc) is 3.05. The lowest BCUT2D eigenvalue weighted by Gasteiger charge is -2.22. The van der Waals surface area contributed by atoms with Gasteiger partial charge >= 0.3 is 0 Å². The number of fused-ring (bicyclic) bond motifs is 1. The Balaban J connectivity index is 1.61. The highest BCUT2D eigenvalue weighted by molar-refractivity contribution is 7.15. The lowest BCUT2D eigenvalue weighted by atomic mass is 10.1. The molecule has 28 heavy (non-hydrogen) atoms. The van der Waals surface area contributed by atoms with Crippen LogP contribution in [0.15, 0.2) is 39.5 Å². The van der Waals surface area contributed by atoms with E-state index in [0.717, 1.165) is 28.8 Å². The molecule has 0 spiro atoms. The van der Waals surface area contributed by atoms with Crippen LogP contribution in [0, 0.1) is 13.8 Å². The standard InChI is InChI=1S/C21H19N3O2S2/c1-12-3-6-18(28-12)17-9-16(19-13(2)23-26-20(19)22-17)21(25)24(15-4-5-15)10-14-7-8-27-11-14/h3,6-9,11,15H,4-5,10H2,1-2H3. The van der Waals surface area contributed by atoms with Gasteiger partial charge in [0.25, 0.3) is 11.6 Å². The second kappa shape index (κ2) is 6.83. The molecule has 0 bridgehead atoms. The molecule has 4 aromatic heterocycles. The number of carbonyl (C=O) groups excluding carboxylic acids is 1. The SMILES string of the molecule is Cc1ccc(-c2cc(C(=O)N(Cc3ccsc3)C3CC3)c3c(C)noc3n2)s1. The molecule has 1 saturated carbocycles. The maximum atomic E-state index is 13.6. The summed E-state index contributed by atoms with van der Waals surface area (Å²) in [5.74, 6) is 0.0296. The van der Waals surface area contributed by atoms with Gasteiger partial charge in [0.2, 0.25) is 0 Å². The van der Waals surface area contributed by atoms with Crippen LogP contribution < -0.4 is 0 Å². The summed E-state index contributed by atoms with van der Waals surface area (Å²) in [6.07, 6.45) is 2.12. The molecule has 1 amide bonds. The Hall–Kier alpha value is -2.51. The van der Waals surface area contributed by atoms with Gasteiger partial charge in [-0.15, -0.1) is 11.3 Å². The first-order chi connectivity index (χ1) is 13.6. The van der Waals surface area contributed by atoms with E-state index in [9.17, 15) is 4.79 Å². The largest absolute Gasteiger partial charge is 0.335 e. The third kappa shape index (κ3) is 3.14. The molecule has 142 valence electrons. The van der Waals surface area contributed by atoms with Gasteiger partial charge in [-0.25, -0.2) is 4.98 Å². The number of nitrogens with zero attached hydrogens (tertiary/aromatic N) is 3. The highest BCUT2D eigenvalue weighted by Crippen LogP contribution is 2.35. The van der Waals surface area contributed by atoms with Crippen molar-refractivity contribution in [1.29, 1.82) is 0 Å². The number of hydrogen-bond donors (Lipinski definition) is 0. The first-order valence-corrected chi connectivity index (χ1v) is 11.0. The zero-order valence-corrected chi connectivity index (χ0v) is 17.3. The summed E-state index contributed by atoms with van der Waals surface area (Å²) >= 11 is 3.32. The highest BCUT2D eigenvalue weighted by Gasteiger charge is 2.34. The lowest BCUT2D eigenvalue weighted by Crippen LogP contribution is -2.32. The number of aromatic nitrogens is 2. The summed E-state index contributed by atoms with van der Waals surface area (Å²) in [5, 5.41) is 8.95. The summed E-state index contributed by atoms with van der Waals surface area (Å²) in [4.78, 5) is 22.5. The molecule has 0 N–H and O–H groups in total. The van der Waals surface area contributed by atoms with E-state index in [4.69, 9.17) is 4.52 Å². The monoisotopic (exact) mass is 409 g/mol. The molecule has 0 aliphatic heterocycles. The van der Waals surface area contributed by atoms with Crippen molar-refractivity contribution in [3.05, 3.63) is 56.7 Å². The fourth-order valence-corrected chi connectivity index (χ4v) is 4.94. The second-order valence-corrected chi connectivity index (χ2v) is 9.28. The molecule has 5 nitrogen and oxygen atoms in total. The van der Waals surface area contributed by atoms with Crippen LogP contribution in [0.1, 0.15) is 39.3 Å². The van der Waals surface area contributed by atoms with E-state index >= 15 is 0 Å². The molecule has 0 aromatic carbocycles. The molecule has 0 unspecified atom stereocenters. The quantitative estimate of drug-likeness (QED) is 0.441. The number of rotatable bonds is 5. The molecule has 1 aliphatic carbocycles. The smallest absolute Gasteiger partial charge is 0.259 e. The number of thiophene rings is 2. The van der Waals surface area contributed by atoms with Gasteiger partial charge in [-0.1, -0.05) is 5.16 Å². The number of amides is 1. The van der Waals surface area contributed by atoms with E-state index < -0.39 is 0 Å². The molecule has 1 fully saturated rings. The average molecular weight is 410 g/mol. The third-order valence-corrected chi connectivity index (χ3v) is 6.78. The van der Waals surface area contributed by atoms with Crippen LogP contribution in [0.5, 0.6) is 0 Å². The van der Waals surface area contributed by atoms with Crippen LogP contribution in [0.2, 0.25) is 0 Å². The van der Waals surface area contributed by atoms with Crippen LogP contribution in [0.25, 0.3) is 21.7 Å². The Morgan fingerprint density at radius 3 is 2.82 bits per heavy atom. The summed E-state index contributed by atoms with van der Waals surface area (Å²) in [7, 11) is 0. The number of carbonyl (C=O) groups is 1. The molecule has 0 saturated heterocycles. The van der Waals surface area contributed by atoms with Gasteiger partial charge in [-0.2, -0.15) is 11.3 Å². The van der Waals surface area contributed by atoms with E-state index in [2.05, 4.69) is 40.0 Å². The van der Waals surface area contributed by atoms with E-state index in [1.54, 1.807) is 22.7 Å². The van der Waals surface area contributed by atoms with E-state index in [-0.39, 0.29) is 5.91 Å². The molecule has 0 radical (unpaired) electrons. The minimum absolute atomic E-state index is 0.0296. The Bertz CT molecular complexity index is 1160. The van der Waals surface area contributed by atoms with Gasteiger partial charge in [-0.3, -0.25) is 4.79 Å². The van der Waals surface area contributed by atoms with Gasteiger partial charge in [-0.05, 0) is 67.3 Å². The van der Waals surface area contributed by atoms with E-state index in [1.165, 1.54) is 10.4 Å². The zero-order chi connectivity index (χ0) is 19.3. The highest BCUT2D eigenvalue weighted by atomic mass is 32.1. The molecule has 0 atom stereocenters. The van der Waals surface area contributed by atoms with Gasteiger partial charge in [0.05, 0.1) is 27.2 Å². The van der Waals surface area contributed by atoms with Crippen LogP contribution >= 0.6 is 22.7 Å². The molecular weight excluding hydrogens is 390 g/mol. The van der Waals surface area contributed by atoms with Crippen LogP contribution in [0.4, 0.5) is 0 Å². The molecule has 7 heteroatoms. The van der Waals surface area contributed by atoms with Crippen molar-refractivity contribution in [2.45, 2.75) is 39.3 Å². The summed E-state index contributed by atoms with van der Waals surface area (Å²) in [6, 6.07) is 8.40. The predicted molar refractivity (Wildman–Crippen MR) is 112 cm³/mol.